The molecule has 1 heterocycles. The number of nitrogens with one attached hydrogen (secondary N) is 1. The average molecular weight is 325 g/mol. The second kappa shape index (κ2) is 7.45. The van der Waals surface area contributed by atoms with Gasteiger partial charge in [0.1, 0.15) is 0 Å². The fourth-order valence-corrected chi connectivity index (χ4v) is 2.75. The molecule has 3 rings (SSSR count). The summed E-state index contributed by atoms with van der Waals surface area (Å²) in [6, 6.07) is 14.9. The molecule has 2 N–H and O–H groups in total. The summed E-state index contributed by atoms with van der Waals surface area (Å²) in [7, 11) is 1.71. The molecule has 126 valence electrons. The number of hydrogen-bond donors (Lipinski definition) is 2. The Morgan fingerprint density at radius 1 is 1.25 bits per heavy atom. The largest absolute Gasteiger partial charge is 0.391 e. The van der Waals surface area contributed by atoms with Crippen molar-refractivity contribution < 1.29 is 9.90 Å². The van der Waals surface area contributed by atoms with Crippen LogP contribution in [0.25, 0.3) is 0 Å². The lowest BCUT2D eigenvalue weighted by atomic mass is 10.0. The van der Waals surface area contributed by atoms with Gasteiger partial charge in [0.25, 0.3) is 0 Å². The number of amides is 2. The van der Waals surface area contributed by atoms with Gasteiger partial charge in [0.15, 0.2) is 0 Å². The number of urea groups is 1. The molecule has 0 bridgehead atoms. The van der Waals surface area contributed by atoms with Crippen molar-refractivity contribution in [2.24, 2.45) is 5.92 Å². The van der Waals surface area contributed by atoms with Crippen LogP contribution >= 0.6 is 0 Å². The van der Waals surface area contributed by atoms with Crippen molar-refractivity contribution in [3.63, 3.8) is 0 Å². The summed E-state index contributed by atoms with van der Waals surface area (Å²) in [4.78, 5) is 18.5. The minimum Gasteiger partial charge on any atom is -0.391 e. The van der Waals surface area contributed by atoms with Crippen LogP contribution in [0.5, 0.6) is 0 Å². The predicted molar refractivity (Wildman–Crippen MR) is 92.4 cm³/mol. The van der Waals surface area contributed by atoms with E-state index in [0.29, 0.717) is 12.5 Å². The molecule has 1 aliphatic carbocycles. The van der Waals surface area contributed by atoms with Crippen LogP contribution in [0.4, 0.5) is 4.79 Å². The highest BCUT2D eigenvalue weighted by Gasteiger charge is 2.31. The summed E-state index contributed by atoms with van der Waals surface area (Å²) in [6.07, 6.45) is 3.39. The Balaban J connectivity index is 1.72. The number of carbonyl (C=O) groups excluding carboxylic acids is 1. The maximum absolute atomic E-state index is 12.6. The molecule has 2 aromatic rings. The Bertz CT molecular complexity index is 619. The highest BCUT2D eigenvalue weighted by atomic mass is 16.3. The van der Waals surface area contributed by atoms with E-state index in [0.717, 1.165) is 24.1 Å². The Morgan fingerprint density at radius 2 is 1.96 bits per heavy atom. The third-order valence-electron chi connectivity index (χ3n) is 4.36. The zero-order valence-corrected chi connectivity index (χ0v) is 13.8. The number of nitrogens with zero attached hydrogens (tertiary/aromatic N) is 2. The smallest absolute Gasteiger partial charge is 0.318 e. The monoisotopic (exact) mass is 325 g/mol. The number of carbonyl (C=O) groups is 1. The van der Waals surface area contributed by atoms with E-state index in [4.69, 9.17) is 0 Å². The van der Waals surface area contributed by atoms with Gasteiger partial charge in [-0.25, -0.2) is 4.79 Å². The lowest BCUT2D eigenvalue weighted by Crippen LogP contribution is -2.43. The van der Waals surface area contributed by atoms with Gasteiger partial charge in [0.05, 0.1) is 17.8 Å². The molecule has 0 saturated heterocycles. The highest BCUT2D eigenvalue weighted by molar-refractivity contribution is 5.75. The Morgan fingerprint density at radius 3 is 2.58 bits per heavy atom. The minimum absolute atomic E-state index is 0.214. The van der Waals surface area contributed by atoms with Crippen LogP contribution in [0.2, 0.25) is 0 Å². The number of rotatable bonds is 6. The molecule has 1 saturated carbocycles. The molecule has 0 aliphatic heterocycles. The predicted octanol–water partition coefficient (Wildman–Crippen LogP) is 2.58. The maximum Gasteiger partial charge on any atom is 0.318 e. The SMILES string of the molecule is CN(CC(O)C1CC1)C(=O)NC(c1ccccc1)c1ccccn1. The molecule has 2 amide bonds. The number of aliphatic hydroxyl groups is 1. The molecule has 1 aromatic heterocycles. The van der Waals surface area contributed by atoms with E-state index in [2.05, 4.69) is 10.3 Å². The molecule has 0 radical (unpaired) electrons. The summed E-state index contributed by atoms with van der Waals surface area (Å²) in [5.74, 6) is 0.348. The van der Waals surface area contributed by atoms with E-state index in [1.165, 1.54) is 0 Å². The summed E-state index contributed by atoms with van der Waals surface area (Å²) in [5, 5.41) is 13.1. The van der Waals surface area contributed by atoms with Crippen LogP contribution < -0.4 is 5.32 Å². The van der Waals surface area contributed by atoms with Crippen LogP contribution in [-0.2, 0) is 0 Å². The number of benzene rings is 1. The van der Waals surface area contributed by atoms with E-state index >= 15 is 0 Å². The van der Waals surface area contributed by atoms with Crippen molar-refractivity contribution in [2.45, 2.75) is 25.0 Å². The fourth-order valence-electron chi connectivity index (χ4n) is 2.75. The number of hydrogen-bond acceptors (Lipinski definition) is 3. The van der Waals surface area contributed by atoms with Crippen molar-refractivity contribution in [1.29, 1.82) is 0 Å². The van der Waals surface area contributed by atoms with Crippen LogP contribution in [0.15, 0.2) is 54.7 Å². The summed E-state index contributed by atoms with van der Waals surface area (Å²) in [5.41, 5.74) is 1.76. The molecule has 1 aliphatic rings. The van der Waals surface area contributed by atoms with E-state index < -0.39 is 6.10 Å². The first-order chi connectivity index (χ1) is 11.6. The standard InChI is InChI=1S/C19H23N3O2/c1-22(13-17(23)14-10-11-14)19(24)21-18(15-7-3-2-4-8-15)16-9-5-6-12-20-16/h2-9,12,14,17-18,23H,10-11,13H2,1H3,(H,21,24). The molecule has 5 nitrogen and oxygen atoms in total. The third kappa shape index (κ3) is 4.11. The van der Waals surface area contributed by atoms with E-state index in [1.54, 1.807) is 18.1 Å². The molecule has 5 heteroatoms. The molecule has 0 spiro atoms. The number of likely N-dealkylation sites (N-methyl/N-ethyl adjacent to an activating group) is 1. The first kappa shape index (κ1) is 16.5. The van der Waals surface area contributed by atoms with Crippen molar-refractivity contribution in [2.75, 3.05) is 13.6 Å². The van der Waals surface area contributed by atoms with E-state index in [-0.39, 0.29) is 12.1 Å². The van der Waals surface area contributed by atoms with Crippen LogP contribution in [0.1, 0.15) is 30.1 Å². The zero-order valence-electron chi connectivity index (χ0n) is 13.8. The fraction of sp³-hybridized carbons (Fsp3) is 0.368. The van der Waals surface area contributed by atoms with Crippen molar-refractivity contribution in [3.05, 3.63) is 66.0 Å². The van der Waals surface area contributed by atoms with Gasteiger partial charge in [-0.15, -0.1) is 0 Å². The first-order valence-corrected chi connectivity index (χ1v) is 8.30. The Kier molecular flexibility index (Phi) is 5.11. The average Bonchev–Trinajstić information content (AvgIpc) is 3.46. The van der Waals surface area contributed by atoms with Gasteiger partial charge < -0.3 is 15.3 Å². The summed E-state index contributed by atoms with van der Waals surface area (Å²) < 4.78 is 0. The van der Waals surface area contributed by atoms with Gasteiger partial charge in [0, 0.05) is 19.8 Å². The van der Waals surface area contributed by atoms with Crippen molar-refractivity contribution >= 4 is 6.03 Å². The molecule has 1 aromatic carbocycles. The lowest BCUT2D eigenvalue weighted by Gasteiger charge is -2.25. The van der Waals surface area contributed by atoms with Crippen molar-refractivity contribution in [3.8, 4) is 0 Å². The summed E-state index contributed by atoms with van der Waals surface area (Å²) in [6.45, 7) is 0.347. The Hall–Kier alpha value is -2.40. The molecule has 24 heavy (non-hydrogen) atoms. The van der Waals surface area contributed by atoms with Gasteiger partial charge >= 0.3 is 6.03 Å². The van der Waals surface area contributed by atoms with Crippen LogP contribution in [0, 0.1) is 5.92 Å². The molecular weight excluding hydrogens is 302 g/mol. The second-order valence-corrected chi connectivity index (χ2v) is 6.33. The van der Waals surface area contributed by atoms with Gasteiger partial charge in [-0.05, 0) is 36.5 Å². The zero-order chi connectivity index (χ0) is 16.9. The van der Waals surface area contributed by atoms with Gasteiger partial charge in [-0.2, -0.15) is 0 Å². The molecular formula is C19H23N3O2. The lowest BCUT2D eigenvalue weighted by molar-refractivity contribution is 0.113. The maximum atomic E-state index is 12.6. The number of aliphatic hydroxyl groups excluding tert-OH is 1. The van der Waals surface area contributed by atoms with Gasteiger partial charge in [0.2, 0.25) is 0 Å². The van der Waals surface area contributed by atoms with Gasteiger partial charge in [-0.3, -0.25) is 4.98 Å². The summed E-state index contributed by atoms with van der Waals surface area (Å²) >= 11 is 0. The van der Waals surface area contributed by atoms with Gasteiger partial charge in [-0.1, -0.05) is 36.4 Å². The minimum atomic E-state index is -0.439. The topological polar surface area (TPSA) is 65.5 Å². The normalized spacial score (nSPS) is 16.2. The van der Waals surface area contributed by atoms with E-state index in [9.17, 15) is 9.90 Å². The first-order valence-electron chi connectivity index (χ1n) is 8.30. The quantitative estimate of drug-likeness (QED) is 0.858. The number of aromatic nitrogens is 1. The molecule has 2 unspecified atom stereocenters. The Labute approximate surface area is 142 Å². The van der Waals surface area contributed by atoms with Crippen LogP contribution in [0.3, 0.4) is 0 Å². The molecule has 2 atom stereocenters. The van der Waals surface area contributed by atoms with E-state index in [1.807, 2.05) is 48.5 Å². The second-order valence-electron chi connectivity index (χ2n) is 6.33. The van der Waals surface area contributed by atoms with Crippen LogP contribution in [-0.4, -0.2) is 40.7 Å². The molecule has 1 fully saturated rings. The third-order valence-corrected chi connectivity index (χ3v) is 4.36. The van der Waals surface area contributed by atoms with Crippen molar-refractivity contribution in [1.82, 2.24) is 15.2 Å². The number of pyridine rings is 1. The highest BCUT2D eigenvalue weighted by Crippen LogP contribution is 2.32.